The fraction of sp³-hybridized carbons (Fsp3) is 0.543. The zero-order valence-corrected chi connectivity index (χ0v) is 35.9. The van der Waals surface area contributed by atoms with Gasteiger partial charge in [-0.05, 0) is 37.1 Å². The molecule has 0 amide bonds. The maximum absolute atomic E-state index is 15.4. The maximum atomic E-state index is 15.4. The van der Waals surface area contributed by atoms with Gasteiger partial charge in [0.15, 0.2) is 0 Å². The standard InChI is InChI=1S/C35H14F40N2O2/c1-7-3-9(13(5-11(7)76)78-17(38)15(36)20(40,41)22(44,45)24(48,49)26(52,53)28(56,57)30(60,61)34(70,71)72)19(32(64,65)66,33(67,68)69)10-4-8(2)12(77)6-14(10)79-18(39)16(37)21(42,43)23(46,47)25(50,51)27(54,55)29(58,59)31(62,63)35(73,74)75/h3-6H,76-77H2,1-2H3. The summed E-state index contributed by atoms with van der Waals surface area (Å²) in [5, 5.41) is 0. The molecule has 0 heterocycles. The number of hydrogen-bond donors (Lipinski definition) is 2. The van der Waals surface area contributed by atoms with Crippen LogP contribution in [0.2, 0.25) is 0 Å². The van der Waals surface area contributed by atoms with E-state index < -0.39 is 194 Å². The van der Waals surface area contributed by atoms with Gasteiger partial charge in [-0.15, -0.1) is 0 Å². The Hall–Kier alpha value is -5.68. The molecule has 0 aromatic heterocycles. The van der Waals surface area contributed by atoms with Crippen LogP contribution in [-0.4, -0.2) is 95.8 Å². The number of alkyl halides is 36. The average Bonchev–Trinajstić information content (AvgIpc) is 3.23. The Morgan fingerprint density at radius 1 is 0.304 bits per heavy atom. The highest BCUT2D eigenvalue weighted by atomic mass is 19.5. The summed E-state index contributed by atoms with van der Waals surface area (Å²) in [5.74, 6) is -126. The smallest absolute Gasteiger partial charge is 0.429 e. The number of hydrogen-bond acceptors (Lipinski definition) is 4. The van der Waals surface area contributed by atoms with Gasteiger partial charge in [0.2, 0.25) is 17.1 Å². The van der Waals surface area contributed by atoms with Crippen LogP contribution in [0.4, 0.5) is 187 Å². The second kappa shape index (κ2) is 19.2. The molecular weight excluding hydrogens is 1240 g/mol. The normalized spacial score (nSPS) is 16.2. The van der Waals surface area contributed by atoms with Crippen molar-refractivity contribution in [1.29, 1.82) is 0 Å². The minimum atomic E-state index is -9.30. The number of ether oxygens (including phenoxy) is 2. The van der Waals surface area contributed by atoms with Gasteiger partial charge in [-0.3, -0.25) is 0 Å². The predicted octanol–water partition coefficient (Wildman–Crippen LogP) is 16.6. The first-order chi connectivity index (χ1) is 34.2. The Balaban J connectivity index is 3.22. The lowest BCUT2D eigenvalue weighted by Gasteiger charge is -2.41. The van der Waals surface area contributed by atoms with Crippen molar-refractivity contribution < 1.29 is 185 Å². The van der Waals surface area contributed by atoms with Crippen LogP contribution >= 0.6 is 0 Å². The Morgan fingerprint density at radius 2 is 0.506 bits per heavy atom. The lowest BCUT2D eigenvalue weighted by molar-refractivity contribution is -0.451. The molecular formula is C35H14F40N2O2. The monoisotopic (exact) mass is 1250 g/mol. The van der Waals surface area contributed by atoms with E-state index in [1.54, 1.807) is 0 Å². The van der Waals surface area contributed by atoms with Gasteiger partial charge in [0.25, 0.3) is 0 Å². The molecule has 0 atom stereocenters. The summed E-state index contributed by atoms with van der Waals surface area (Å²) < 4.78 is 569. The molecule has 0 aliphatic carbocycles. The minimum absolute atomic E-state index is 0.146. The molecule has 0 unspecified atom stereocenters. The van der Waals surface area contributed by atoms with Gasteiger partial charge in [-0.1, -0.05) is 0 Å². The lowest BCUT2D eigenvalue weighted by atomic mass is 9.71. The number of rotatable bonds is 18. The largest absolute Gasteiger partial charge is 0.460 e. The Labute approximate surface area is 405 Å². The van der Waals surface area contributed by atoms with E-state index in [4.69, 9.17) is 11.5 Å². The van der Waals surface area contributed by atoms with Gasteiger partial charge in [0.05, 0.1) is 0 Å². The van der Waals surface area contributed by atoms with Crippen molar-refractivity contribution in [2.75, 3.05) is 11.5 Å². The highest BCUT2D eigenvalue weighted by Crippen LogP contribution is 2.67. The van der Waals surface area contributed by atoms with Gasteiger partial charge in [0.1, 0.15) is 11.5 Å². The van der Waals surface area contributed by atoms with Gasteiger partial charge >= 0.3 is 108 Å². The van der Waals surface area contributed by atoms with Gasteiger partial charge in [-0.25, -0.2) is 0 Å². The number of allylic oxidation sites excluding steroid dienone is 2. The molecule has 79 heavy (non-hydrogen) atoms. The molecule has 0 bridgehead atoms. The zero-order chi connectivity index (χ0) is 63.7. The first kappa shape index (κ1) is 69.4. The molecule has 4 N–H and O–H groups in total. The highest BCUT2D eigenvalue weighted by Gasteiger charge is 2.95. The van der Waals surface area contributed by atoms with E-state index in [0.29, 0.717) is 0 Å². The summed E-state index contributed by atoms with van der Waals surface area (Å²) in [6, 6.07) is -13.4. The van der Waals surface area contributed by atoms with Crippen molar-refractivity contribution in [3.05, 3.63) is 70.2 Å². The second-order valence-corrected chi connectivity index (χ2v) is 15.4. The quantitative estimate of drug-likeness (QED) is 0.0886. The van der Waals surface area contributed by atoms with Crippen molar-refractivity contribution in [2.45, 2.75) is 115 Å². The van der Waals surface area contributed by atoms with Crippen molar-refractivity contribution >= 4 is 11.4 Å². The topological polar surface area (TPSA) is 70.5 Å². The number of halogens is 40. The molecule has 0 aliphatic heterocycles. The van der Waals surface area contributed by atoms with Crippen molar-refractivity contribution in [1.82, 2.24) is 0 Å². The number of anilines is 2. The van der Waals surface area contributed by atoms with E-state index in [1.165, 1.54) is 0 Å². The third-order valence-corrected chi connectivity index (χ3v) is 10.3. The van der Waals surface area contributed by atoms with Crippen molar-refractivity contribution in [2.24, 2.45) is 0 Å². The first-order valence-electron chi connectivity index (χ1n) is 18.3. The van der Waals surface area contributed by atoms with Crippen LogP contribution in [-0.2, 0) is 5.41 Å². The minimum Gasteiger partial charge on any atom is -0.429 e. The van der Waals surface area contributed by atoms with E-state index in [1.807, 2.05) is 0 Å². The fourth-order valence-corrected chi connectivity index (χ4v) is 5.82. The van der Waals surface area contributed by atoms with E-state index in [9.17, 15) is 140 Å². The summed E-state index contributed by atoms with van der Waals surface area (Å²) in [6.07, 6.45) is -32.0. The molecule has 0 fully saturated rings. The number of nitrogens with two attached hydrogens (primary N) is 2. The third kappa shape index (κ3) is 9.67. The van der Waals surface area contributed by atoms with E-state index in [0.717, 1.165) is 0 Å². The summed E-state index contributed by atoms with van der Waals surface area (Å²) in [4.78, 5) is 0. The molecule has 0 radical (unpaired) electrons. The molecule has 0 spiro atoms. The molecule has 456 valence electrons. The van der Waals surface area contributed by atoms with Crippen LogP contribution in [0.5, 0.6) is 11.5 Å². The van der Waals surface area contributed by atoms with Crippen LogP contribution in [0.1, 0.15) is 22.3 Å². The van der Waals surface area contributed by atoms with Gasteiger partial charge < -0.3 is 20.9 Å². The van der Waals surface area contributed by atoms with Crippen LogP contribution in [0.25, 0.3) is 0 Å². The molecule has 0 saturated carbocycles. The Morgan fingerprint density at radius 3 is 0.709 bits per heavy atom. The highest BCUT2D eigenvalue weighted by molar-refractivity contribution is 5.65. The first-order valence-corrected chi connectivity index (χ1v) is 18.3. The summed E-state index contributed by atoms with van der Waals surface area (Å²) >= 11 is 0. The maximum Gasteiger partial charge on any atom is 0.460 e. The summed E-state index contributed by atoms with van der Waals surface area (Å²) in [6.45, 7) is 0.292. The third-order valence-electron chi connectivity index (χ3n) is 10.3. The average molecular weight is 1250 g/mol. The van der Waals surface area contributed by atoms with Gasteiger partial charge in [0, 0.05) is 34.6 Å². The molecule has 44 heteroatoms. The van der Waals surface area contributed by atoms with E-state index >= 15 is 35.1 Å². The molecule has 4 nitrogen and oxygen atoms in total. The molecule has 0 saturated heterocycles. The predicted molar refractivity (Wildman–Crippen MR) is 175 cm³/mol. The number of nitrogen functional groups attached to an aromatic ring is 2. The Kier molecular flexibility index (Phi) is 16.9. The van der Waals surface area contributed by atoms with E-state index in [-0.39, 0.29) is 13.8 Å². The Bertz CT molecular complexity index is 2500. The molecule has 2 aromatic rings. The lowest BCUT2D eigenvalue weighted by Crippen LogP contribution is -2.72. The molecule has 0 aliphatic rings. The van der Waals surface area contributed by atoms with Crippen LogP contribution < -0.4 is 20.9 Å². The summed E-state index contributed by atoms with van der Waals surface area (Å²) in [7, 11) is 0. The van der Waals surface area contributed by atoms with E-state index in [2.05, 4.69) is 9.47 Å². The van der Waals surface area contributed by atoms with Crippen molar-refractivity contribution in [3.63, 3.8) is 0 Å². The van der Waals surface area contributed by atoms with Crippen LogP contribution in [0.15, 0.2) is 47.9 Å². The summed E-state index contributed by atoms with van der Waals surface area (Å²) in [5.41, 5.74) is -9.77. The SMILES string of the molecule is Cc1cc(C(c2cc(C)c(N)cc2OC(F)=C(F)C(F)(F)C(F)(F)C(F)(F)C(F)(F)C(F)(F)C(F)(F)C(F)(F)F)(C(F)(F)F)C(F)(F)F)c(OC(F)=C(F)C(F)(F)C(F)(F)C(F)(F)C(F)(F)C(F)(F)C(F)(F)C(F)(F)F)cc1N. The van der Waals surface area contributed by atoms with Gasteiger partial charge in [-0.2, -0.15) is 176 Å². The second-order valence-electron chi connectivity index (χ2n) is 15.4. The number of aryl methyl sites for hydroxylation is 2. The van der Waals surface area contributed by atoms with Crippen LogP contribution in [0.3, 0.4) is 0 Å². The van der Waals surface area contributed by atoms with Crippen molar-refractivity contribution in [3.8, 4) is 11.5 Å². The molecule has 2 aromatic carbocycles. The zero-order valence-electron chi connectivity index (χ0n) is 35.9. The number of benzene rings is 2. The molecule has 2 rings (SSSR count). The fourth-order valence-electron chi connectivity index (χ4n) is 5.82. The van der Waals surface area contributed by atoms with Crippen LogP contribution in [0, 0.1) is 13.8 Å².